The number of nitrogen functional groups attached to an aromatic ring is 1. The molecule has 1 aromatic carbocycles. The minimum Gasteiger partial charge on any atom is -0.497 e. The van der Waals surface area contributed by atoms with Gasteiger partial charge in [-0.2, -0.15) is 4.98 Å². The van der Waals surface area contributed by atoms with E-state index in [0.717, 1.165) is 21.2 Å². The number of carbonyl (C=O) groups excluding carboxylic acids is 1. The number of benzene rings is 1. The molecule has 174 valence electrons. The predicted octanol–water partition coefficient (Wildman–Crippen LogP) is 2.47. The van der Waals surface area contributed by atoms with E-state index < -0.39 is 0 Å². The summed E-state index contributed by atoms with van der Waals surface area (Å²) in [6.07, 6.45) is 3.50. The number of aromatic nitrogens is 4. The third-order valence-electron chi connectivity index (χ3n) is 5.52. The van der Waals surface area contributed by atoms with Crippen LogP contribution in [0.5, 0.6) is 11.5 Å². The zero-order valence-electron chi connectivity index (χ0n) is 18.5. The molecule has 1 saturated heterocycles. The van der Waals surface area contributed by atoms with Crippen molar-refractivity contribution in [2.75, 3.05) is 50.5 Å². The van der Waals surface area contributed by atoms with Crippen molar-refractivity contribution in [3.8, 4) is 22.1 Å². The van der Waals surface area contributed by atoms with Crippen molar-refractivity contribution in [2.24, 2.45) is 0 Å². The molecule has 2 N–H and O–H groups in total. The second-order valence-corrected chi connectivity index (χ2v) is 8.63. The number of amides is 1. The third-order valence-corrected chi connectivity index (χ3v) is 6.52. The number of piperazine rings is 1. The fourth-order valence-electron chi connectivity index (χ4n) is 3.73. The SMILES string of the molecule is COc1ccc(OCC(=O)N2CCN(c3nc(N)nc4sc(-c5cccnc5)nc34)CC2)cc1. The van der Waals surface area contributed by atoms with Gasteiger partial charge in [0.15, 0.2) is 17.3 Å². The molecule has 0 aliphatic carbocycles. The Morgan fingerprint density at radius 1 is 1.06 bits per heavy atom. The van der Waals surface area contributed by atoms with Gasteiger partial charge < -0.3 is 25.0 Å². The summed E-state index contributed by atoms with van der Waals surface area (Å²) in [5.74, 6) is 2.20. The van der Waals surface area contributed by atoms with E-state index in [9.17, 15) is 4.79 Å². The van der Waals surface area contributed by atoms with Gasteiger partial charge in [-0.05, 0) is 36.4 Å². The van der Waals surface area contributed by atoms with Crippen LogP contribution >= 0.6 is 11.3 Å². The van der Waals surface area contributed by atoms with Crippen LogP contribution in [0.3, 0.4) is 0 Å². The van der Waals surface area contributed by atoms with Gasteiger partial charge in [0, 0.05) is 44.1 Å². The van der Waals surface area contributed by atoms with Gasteiger partial charge in [0.05, 0.1) is 7.11 Å². The minimum absolute atomic E-state index is 0.0163. The Kier molecular flexibility index (Phi) is 6.09. The molecular formula is C23H23N7O3S. The number of thiazole rings is 1. The molecule has 4 heterocycles. The van der Waals surface area contributed by atoms with Crippen LogP contribution in [-0.2, 0) is 4.79 Å². The molecule has 1 aliphatic rings. The van der Waals surface area contributed by atoms with Crippen LogP contribution in [-0.4, -0.2) is 70.6 Å². The molecular weight excluding hydrogens is 454 g/mol. The Morgan fingerprint density at radius 2 is 1.82 bits per heavy atom. The van der Waals surface area contributed by atoms with Crippen molar-refractivity contribution in [1.82, 2.24) is 24.8 Å². The quantitative estimate of drug-likeness (QED) is 0.446. The van der Waals surface area contributed by atoms with Gasteiger partial charge in [-0.3, -0.25) is 9.78 Å². The number of fused-ring (bicyclic) bond motifs is 1. The average Bonchev–Trinajstić information content (AvgIpc) is 3.32. The number of methoxy groups -OCH3 is 1. The van der Waals surface area contributed by atoms with Crippen molar-refractivity contribution in [3.05, 3.63) is 48.8 Å². The standard InChI is InChI=1S/C23H23N7O3S/c1-32-16-4-6-17(7-5-16)33-14-18(31)29-9-11-30(12-10-29)20-19-22(28-23(24)27-20)34-21(26-19)15-3-2-8-25-13-15/h2-8,13H,9-12,14H2,1H3,(H2,24,27,28). The monoisotopic (exact) mass is 477 g/mol. The molecule has 34 heavy (non-hydrogen) atoms. The Bertz CT molecular complexity index is 1290. The van der Waals surface area contributed by atoms with Crippen molar-refractivity contribution in [2.45, 2.75) is 0 Å². The maximum Gasteiger partial charge on any atom is 0.260 e. The second-order valence-electron chi connectivity index (χ2n) is 7.65. The number of nitrogens with two attached hydrogens (primary N) is 1. The first kappa shape index (κ1) is 21.8. The van der Waals surface area contributed by atoms with Gasteiger partial charge in [0.2, 0.25) is 5.95 Å². The highest BCUT2D eigenvalue weighted by Crippen LogP contribution is 2.33. The van der Waals surface area contributed by atoms with Crippen LogP contribution in [0, 0.1) is 0 Å². The topological polar surface area (TPSA) is 120 Å². The molecule has 0 saturated carbocycles. The van der Waals surface area contributed by atoms with Crippen molar-refractivity contribution in [1.29, 1.82) is 0 Å². The number of hydrogen-bond donors (Lipinski definition) is 1. The first-order valence-corrected chi connectivity index (χ1v) is 11.6. The molecule has 1 aliphatic heterocycles. The Morgan fingerprint density at radius 3 is 2.53 bits per heavy atom. The van der Waals surface area contributed by atoms with Gasteiger partial charge in [-0.25, -0.2) is 9.97 Å². The molecule has 0 radical (unpaired) electrons. The zero-order chi connectivity index (χ0) is 23.5. The van der Waals surface area contributed by atoms with Gasteiger partial charge in [0.25, 0.3) is 5.91 Å². The van der Waals surface area contributed by atoms with E-state index >= 15 is 0 Å². The van der Waals surface area contributed by atoms with Crippen LogP contribution in [0.4, 0.5) is 11.8 Å². The van der Waals surface area contributed by atoms with Gasteiger partial charge in [0.1, 0.15) is 22.0 Å². The maximum absolute atomic E-state index is 12.7. The van der Waals surface area contributed by atoms with E-state index in [2.05, 4.69) is 19.9 Å². The summed E-state index contributed by atoms with van der Waals surface area (Å²) in [6.45, 7) is 2.31. The lowest BCUT2D eigenvalue weighted by atomic mass is 10.3. The first-order valence-electron chi connectivity index (χ1n) is 10.7. The number of nitrogens with zero attached hydrogens (tertiary/aromatic N) is 6. The largest absolute Gasteiger partial charge is 0.497 e. The van der Waals surface area contributed by atoms with Gasteiger partial charge in [-0.1, -0.05) is 11.3 Å². The summed E-state index contributed by atoms with van der Waals surface area (Å²) in [5.41, 5.74) is 7.62. The summed E-state index contributed by atoms with van der Waals surface area (Å²) >= 11 is 1.46. The molecule has 0 spiro atoms. The highest BCUT2D eigenvalue weighted by molar-refractivity contribution is 7.21. The number of anilines is 2. The molecule has 1 fully saturated rings. The second kappa shape index (κ2) is 9.48. The van der Waals surface area contributed by atoms with E-state index in [0.29, 0.717) is 43.3 Å². The fourth-order valence-corrected chi connectivity index (χ4v) is 4.66. The molecule has 1 amide bonds. The first-order chi connectivity index (χ1) is 16.6. The normalized spacial score (nSPS) is 13.8. The van der Waals surface area contributed by atoms with E-state index in [1.165, 1.54) is 11.3 Å². The lowest BCUT2D eigenvalue weighted by Gasteiger charge is -2.35. The molecule has 3 aromatic heterocycles. The molecule has 5 rings (SSSR count). The number of hydrogen-bond acceptors (Lipinski definition) is 10. The lowest BCUT2D eigenvalue weighted by molar-refractivity contribution is -0.133. The Balaban J connectivity index is 1.25. The molecule has 0 atom stereocenters. The smallest absolute Gasteiger partial charge is 0.260 e. The van der Waals surface area contributed by atoms with Crippen molar-refractivity contribution in [3.63, 3.8) is 0 Å². The molecule has 0 bridgehead atoms. The fraction of sp³-hybridized carbons (Fsp3) is 0.261. The lowest BCUT2D eigenvalue weighted by Crippen LogP contribution is -2.50. The molecule has 10 nitrogen and oxygen atoms in total. The van der Waals surface area contributed by atoms with Gasteiger partial charge in [-0.15, -0.1) is 0 Å². The van der Waals surface area contributed by atoms with Crippen LogP contribution in [0.2, 0.25) is 0 Å². The van der Waals surface area contributed by atoms with Crippen LogP contribution < -0.4 is 20.1 Å². The van der Waals surface area contributed by atoms with Crippen molar-refractivity contribution < 1.29 is 14.3 Å². The van der Waals surface area contributed by atoms with Crippen LogP contribution in [0.25, 0.3) is 20.9 Å². The third kappa shape index (κ3) is 4.55. The predicted molar refractivity (Wildman–Crippen MR) is 130 cm³/mol. The van der Waals surface area contributed by atoms with E-state index in [-0.39, 0.29) is 18.5 Å². The zero-order valence-corrected chi connectivity index (χ0v) is 19.4. The summed E-state index contributed by atoms with van der Waals surface area (Å²) in [4.78, 5) is 35.1. The van der Waals surface area contributed by atoms with E-state index in [1.54, 1.807) is 48.7 Å². The Labute approximate surface area is 200 Å². The summed E-state index contributed by atoms with van der Waals surface area (Å²) in [7, 11) is 1.61. The molecule has 4 aromatic rings. The minimum atomic E-state index is -0.0599. The van der Waals surface area contributed by atoms with E-state index in [4.69, 9.17) is 20.2 Å². The molecule has 0 unspecified atom stereocenters. The van der Waals surface area contributed by atoms with Gasteiger partial charge >= 0.3 is 0 Å². The number of rotatable bonds is 6. The summed E-state index contributed by atoms with van der Waals surface area (Å²) in [6, 6.07) is 11.0. The number of pyridine rings is 1. The summed E-state index contributed by atoms with van der Waals surface area (Å²) in [5, 5.41) is 0.814. The molecule has 11 heteroatoms. The highest BCUT2D eigenvalue weighted by Gasteiger charge is 2.25. The van der Waals surface area contributed by atoms with E-state index in [1.807, 2.05) is 12.1 Å². The van der Waals surface area contributed by atoms with Crippen LogP contribution in [0.15, 0.2) is 48.8 Å². The maximum atomic E-state index is 12.7. The van der Waals surface area contributed by atoms with Crippen LogP contribution in [0.1, 0.15) is 0 Å². The summed E-state index contributed by atoms with van der Waals surface area (Å²) < 4.78 is 10.8. The number of ether oxygens (including phenoxy) is 2. The number of carbonyl (C=O) groups is 1. The average molecular weight is 478 g/mol. The highest BCUT2D eigenvalue weighted by atomic mass is 32.1. The van der Waals surface area contributed by atoms with Crippen molar-refractivity contribution >= 4 is 39.4 Å². The Hall–Kier alpha value is -3.99.